The molecule has 0 aliphatic carbocycles. The number of hydrogen-bond donors (Lipinski definition) is 3. The van der Waals surface area contributed by atoms with Crippen molar-refractivity contribution in [3.63, 3.8) is 0 Å². The lowest BCUT2D eigenvalue weighted by Crippen LogP contribution is -2.19. The van der Waals surface area contributed by atoms with Crippen molar-refractivity contribution in [3.05, 3.63) is 90.8 Å². The quantitative estimate of drug-likeness (QED) is 0.329. The summed E-state index contributed by atoms with van der Waals surface area (Å²) >= 11 is 0. The first kappa shape index (κ1) is 21.5. The lowest BCUT2D eigenvalue weighted by Gasteiger charge is -2.11. The molecule has 4 N–H and O–H groups in total. The number of pyridine rings is 1. The Hall–Kier alpha value is -3.74. The number of nitrogens with two attached hydrogens (primary N) is 1. The summed E-state index contributed by atoms with van der Waals surface area (Å²) in [5.41, 5.74) is 10.1. The third kappa shape index (κ3) is 5.49. The Morgan fingerprint density at radius 3 is 2.41 bits per heavy atom. The average molecular weight is 427 g/mol. The molecule has 6 nitrogen and oxygen atoms in total. The Balaban J connectivity index is 1.49. The summed E-state index contributed by atoms with van der Waals surface area (Å²) in [6.07, 6.45) is 4.58. The van der Waals surface area contributed by atoms with E-state index >= 15 is 0 Å². The highest BCUT2D eigenvalue weighted by molar-refractivity contribution is 6.00. The molecule has 1 heterocycles. The summed E-state index contributed by atoms with van der Waals surface area (Å²) < 4.78 is 5.71. The number of carbonyl (C=O) groups is 1. The number of nitrogens with one attached hydrogen (secondary N) is 2. The Bertz CT molecular complexity index is 1180. The van der Waals surface area contributed by atoms with E-state index in [1.165, 1.54) is 0 Å². The van der Waals surface area contributed by atoms with Crippen LogP contribution in [-0.2, 0) is 11.3 Å². The zero-order valence-electron chi connectivity index (χ0n) is 17.8. The van der Waals surface area contributed by atoms with E-state index in [-0.39, 0.29) is 6.03 Å². The normalized spacial score (nSPS) is 10.8. The molecular weight excluding hydrogens is 400 g/mol. The van der Waals surface area contributed by atoms with Crippen molar-refractivity contribution in [2.75, 3.05) is 23.8 Å². The van der Waals surface area contributed by atoms with E-state index in [1.807, 2.05) is 67.0 Å². The minimum absolute atomic E-state index is 0.282. The first-order valence-corrected chi connectivity index (χ1v) is 10.6. The van der Waals surface area contributed by atoms with Gasteiger partial charge in [-0.25, -0.2) is 4.79 Å². The SMILES string of the molecule is NCCCOCc1ccc2cncc(-c3ccc(NC(=O)Nc4ccccc4)cc3)c2c1. The predicted molar refractivity (Wildman–Crippen MR) is 130 cm³/mol. The molecule has 0 radical (unpaired) electrons. The number of urea groups is 1. The van der Waals surface area contributed by atoms with E-state index in [1.54, 1.807) is 0 Å². The first-order valence-electron chi connectivity index (χ1n) is 10.6. The summed E-state index contributed by atoms with van der Waals surface area (Å²) in [5.74, 6) is 0. The van der Waals surface area contributed by atoms with Gasteiger partial charge in [0.15, 0.2) is 0 Å². The summed E-state index contributed by atoms with van der Waals surface area (Å²) in [6, 6.07) is 23.1. The topological polar surface area (TPSA) is 89.3 Å². The van der Waals surface area contributed by atoms with Crippen LogP contribution in [0.4, 0.5) is 16.2 Å². The molecule has 32 heavy (non-hydrogen) atoms. The number of nitrogens with zero attached hydrogens (tertiary/aromatic N) is 1. The fraction of sp³-hybridized carbons (Fsp3) is 0.154. The van der Waals surface area contributed by atoms with Crippen LogP contribution in [0, 0.1) is 0 Å². The Morgan fingerprint density at radius 1 is 0.906 bits per heavy atom. The van der Waals surface area contributed by atoms with E-state index in [0.29, 0.717) is 25.4 Å². The van der Waals surface area contributed by atoms with Gasteiger partial charge in [-0.3, -0.25) is 4.98 Å². The second-order valence-corrected chi connectivity index (χ2v) is 7.46. The van der Waals surface area contributed by atoms with E-state index in [0.717, 1.165) is 39.6 Å². The van der Waals surface area contributed by atoms with Gasteiger partial charge in [-0.05, 0) is 59.8 Å². The predicted octanol–water partition coefficient (Wildman–Crippen LogP) is 5.41. The van der Waals surface area contributed by atoms with Crippen LogP contribution in [-0.4, -0.2) is 24.2 Å². The molecule has 6 heteroatoms. The average Bonchev–Trinajstić information content (AvgIpc) is 2.82. The number of ether oxygens (including phenoxy) is 1. The van der Waals surface area contributed by atoms with E-state index in [9.17, 15) is 4.79 Å². The molecule has 162 valence electrons. The third-order valence-corrected chi connectivity index (χ3v) is 5.07. The molecule has 0 saturated carbocycles. The molecule has 0 spiro atoms. The number of carbonyl (C=O) groups excluding carboxylic acids is 1. The van der Waals surface area contributed by atoms with Crippen LogP contribution in [0.2, 0.25) is 0 Å². The molecule has 0 unspecified atom stereocenters. The Morgan fingerprint density at radius 2 is 1.66 bits per heavy atom. The molecule has 4 rings (SSSR count). The zero-order chi connectivity index (χ0) is 22.2. The summed E-state index contributed by atoms with van der Waals surface area (Å²) in [6.45, 7) is 1.84. The van der Waals surface area contributed by atoms with Gasteiger partial charge in [-0.2, -0.15) is 0 Å². The highest BCUT2D eigenvalue weighted by atomic mass is 16.5. The van der Waals surface area contributed by atoms with Crippen LogP contribution < -0.4 is 16.4 Å². The van der Waals surface area contributed by atoms with Crippen molar-refractivity contribution >= 4 is 28.2 Å². The smallest absolute Gasteiger partial charge is 0.323 e. The molecule has 0 saturated heterocycles. The van der Waals surface area contributed by atoms with Gasteiger partial charge in [0.25, 0.3) is 0 Å². The minimum Gasteiger partial charge on any atom is -0.377 e. The standard InChI is InChI=1S/C26H26N4O2/c27-13-4-14-32-18-19-7-8-21-16-28-17-25(24(21)15-19)20-9-11-23(12-10-20)30-26(31)29-22-5-2-1-3-6-22/h1-3,5-12,15-17H,4,13-14,18,27H2,(H2,29,30,31). The maximum Gasteiger partial charge on any atom is 0.323 e. The van der Waals surface area contributed by atoms with Crippen LogP contribution in [0.3, 0.4) is 0 Å². The van der Waals surface area contributed by atoms with Crippen molar-refractivity contribution in [3.8, 4) is 11.1 Å². The molecule has 1 aromatic heterocycles. The van der Waals surface area contributed by atoms with Crippen molar-refractivity contribution in [2.45, 2.75) is 13.0 Å². The molecule has 0 aliphatic heterocycles. The van der Waals surface area contributed by atoms with Crippen LogP contribution in [0.5, 0.6) is 0 Å². The maximum absolute atomic E-state index is 12.2. The second kappa shape index (κ2) is 10.5. The molecule has 0 aliphatic rings. The summed E-state index contributed by atoms with van der Waals surface area (Å²) in [5, 5.41) is 7.85. The highest BCUT2D eigenvalue weighted by Gasteiger charge is 2.08. The zero-order valence-corrected chi connectivity index (χ0v) is 17.8. The summed E-state index contributed by atoms with van der Waals surface area (Å²) in [7, 11) is 0. The number of benzene rings is 3. The fourth-order valence-electron chi connectivity index (χ4n) is 3.45. The van der Waals surface area contributed by atoms with Crippen molar-refractivity contribution in [1.29, 1.82) is 0 Å². The number of amides is 2. The number of para-hydroxylation sites is 1. The Labute approximate surface area is 187 Å². The minimum atomic E-state index is -0.282. The number of anilines is 2. The lowest BCUT2D eigenvalue weighted by atomic mass is 9.99. The van der Waals surface area contributed by atoms with Gasteiger partial charge < -0.3 is 21.1 Å². The van der Waals surface area contributed by atoms with Gasteiger partial charge in [0.1, 0.15) is 0 Å². The number of rotatable bonds is 8. The molecule has 3 aromatic carbocycles. The van der Waals surface area contributed by atoms with E-state index in [2.05, 4.69) is 33.8 Å². The van der Waals surface area contributed by atoms with Gasteiger partial charge in [-0.15, -0.1) is 0 Å². The van der Waals surface area contributed by atoms with Gasteiger partial charge >= 0.3 is 6.03 Å². The molecule has 4 aromatic rings. The van der Waals surface area contributed by atoms with Crippen molar-refractivity contribution < 1.29 is 9.53 Å². The van der Waals surface area contributed by atoms with Crippen molar-refractivity contribution in [2.24, 2.45) is 5.73 Å². The van der Waals surface area contributed by atoms with Gasteiger partial charge in [-0.1, -0.05) is 42.5 Å². The monoisotopic (exact) mass is 426 g/mol. The molecule has 2 amide bonds. The van der Waals surface area contributed by atoms with E-state index < -0.39 is 0 Å². The maximum atomic E-state index is 12.2. The van der Waals surface area contributed by atoms with Crippen LogP contribution in [0.15, 0.2) is 85.2 Å². The van der Waals surface area contributed by atoms with Gasteiger partial charge in [0.05, 0.1) is 6.61 Å². The van der Waals surface area contributed by atoms with Gasteiger partial charge in [0.2, 0.25) is 0 Å². The molecular formula is C26H26N4O2. The lowest BCUT2D eigenvalue weighted by molar-refractivity contribution is 0.120. The van der Waals surface area contributed by atoms with Crippen LogP contribution in [0.25, 0.3) is 21.9 Å². The highest BCUT2D eigenvalue weighted by Crippen LogP contribution is 2.29. The molecule has 0 fully saturated rings. The Kier molecular flexibility index (Phi) is 7.07. The van der Waals surface area contributed by atoms with Gasteiger partial charge in [0, 0.05) is 41.3 Å². The van der Waals surface area contributed by atoms with Crippen LogP contribution in [0.1, 0.15) is 12.0 Å². The number of fused-ring (bicyclic) bond motifs is 1. The molecule has 0 bridgehead atoms. The van der Waals surface area contributed by atoms with E-state index in [4.69, 9.17) is 10.5 Å². The van der Waals surface area contributed by atoms with Crippen molar-refractivity contribution in [1.82, 2.24) is 4.98 Å². The number of aromatic nitrogens is 1. The summed E-state index contributed by atoms with van der Waals surface area (Å²) in [4.78, 5) is 16.6. The third-order valence-electron chi connectivity index (χ3n) is 5.07. The second-order valence-electron chi connectivity index (χ2n) is 7.46. The molecule has 0 atom stereocenters. The fourth-order valence-corrected chi connectivity index (χ4v) is 3.45. The van der Waals surface area contributed by atoms with Crippen LogP contribution >= 0.6 is 0 Å². The number of hydrogen-bond acceptors (Lipinski definition) is 4. The largest absolute Gasteiger partial charge is 0.377 e. The first-order chi connectivity index (χ1) is 15.7.